The minimum Gasteiger partial charge on any atom is -0.504 e. The molecule has 0 saturated heterocycles. The number of nitrogens with two attached hydrogens (primary N) is 1. The lowest BCUT2D eigenvalue weighted by atomic mass is 9.95. The fraction of sp³-hybridized carbons (Fsp3) is 0. The van der Waals surface area contributed by atoms with Crippen molar-refractivity contribution < 1.29 is 10.2 Å². The summed E-state index contributed by atoms with van der Waals surface area (Å²) in [6, 6.07) is 17.0. The molecule has 3 heteroatoms. The van der Waals surface area contributed by atoms with Crippen LogP contribution in [-0.4, -0.2) is 10.2 Å². The summed E-state index contributed by atoms with van der Waals surface area (Å²) in [5, 5.41) is 25.3. The standard InChI is InChI=1S/C18H13NO2/c19-16-9-15-11(10-3-1-2-4-13(10)16)5-6-14-12(15)7-8-17(20)18(14)21/h1-9,20-21H,19H2. The second-order valence-electron chi connectivity index (χ2n) is 5.20. The van der Waals surface area contributed by atoms with Crippen LogP contribution in [0.15, 0.2) is 54.6 Å². The summed E-state index contributed by atoms with van der Waals surface area (Å²) in [6.07, 6.45) is 0. The third-order valence-electron chi connectivity index (χ3n) is 4.02. The molecule has 0 heterocycles. The van der Waals surface area contributed by atoms with Crippen molar-refractivity contribution >= 4 is 38.0 Å². The van der Waals surface area contributed by atoms with Gasteiger partial charge in [0.15, 0.2) is 11.5 Å². The molecule has 4 aromatic rings. The summed E-state index contributed by atoms with van der Waals surface area (Å²) in [7, 11) is 0. The van der Waals surface area contributed by atoms with E-state index in [0.29, 0.717) is 11.1 Å². The first kappa shape index (κ1) is 11.9. The average Bonchev–Trinajstić information content (AvgIpc) is 2.51. The molecule has 0 amide bonds. The Morgan fingerprint density at radius 3 is 2.00 bits per heavy atom. The maximum Gasteiger partial charge on any atom is 0.165 e. The second-order valence-corrected chi connectivity index (χ2v) is 5.20. The van der Waals surface area contributed by atoms with Crippen LogP contribution in [0, 0.1) is 0 Å². The molecular formula is C18H13NO2. The predicted octanol–water partition coefficient (Wildman–Crippen LogP) is 4.14. The Morgan fingerprint density at radius 1 is 0.619 bits per heavy atom. The molecule has 21 heavy (non-hydrogen) atoms. The maximum atomic E-state index is 10.0. The summed E-state index contributed by atoms with van der Waals surface area (Å²) in [4.78, 5) is 0. The fourth-order valence-corrected chi connectivity index (χ4v) is 2.99. The highest BCUT2D eigenvalue weighted by molar-refractivity contribution is 6.21. The highest BCUT2D eigenvalue weighted by Crippen LogP contribution is 2.40. The lowest BCUT2D eigenvalue weighted by Gasteiger charge is -2.11. The van der Waals surface area contributed by atoms with Gasteiger partial charge in [-0.05, 0) is 45.8 Å². The van der Waals surface area contributed by atoms with Crippen molar-refractivity contribution in [3.8, 4) is 11.5 Å². The average molecular weight is 275 g/mol. The number of rotatable bonds is 0. The molecular weight excluding hydrogens is 262 g/mol. The van der Waals surface area contributed by atoms with Gasteiger partial charge in [-0.2, -0.15) is 0 Å². The Morgan fingerprint density at radius 2 is 1.19 bits per heavy atom. The van der Waals surface area contributed by atoms with Crippen LogP contribution in [0.25, 0.3) is 32.3 Å². The lowest BCUT2D eigenvalue weighted by Crippen LogP contribution is -1.89. The van der Waals surface area contributed by atoms with Gasteiger partial charge in [-0.1, -0.05) is 30.3 Å². The fourth-order valence-electron chi connectivity index (χ4n) is 2.99. The van der Waals surface area contributed by atoms with E-state index in [1.54, 1.807) is 6.07 Å². The molecule has 0 saturated carbocycles. The van der Waals surface area contributed by atoms with Crippen LogP contribution in [0.2, 0.25) is 0 Å². The third-order valence-corrected chi connectivity index (χ3v) is 4.02. The number of anilines is 1. The molecule has 0 unspecified atom stereocenters. The summed E-state index contributed by atoms with van der Waals surface area (Å²) in [6.45, 7) is 0. The summed E-state index contributed by atoms with van der Waals surface area (Å²) in [5.74, 6) is -0.211. The molecule has 0 spiro atoms. The third kappa shape index (κ3) is 1.54. The first-order chi connectivity index (χ1) is 10.2. The summed E-state index contributed by atoms with van der Waals surface area (Å²) >= 11 is 0. The van der Waals surface area contributed by atoms with Crippen molar-refractivity contribution in [1.29, 1.82) is 0 Å². The topological polar surface area (TPSA) is 66.5 Å². The minimum absolute atomic E-state index is 0.0962. The number of hydrogen-bond acceptors (Lipinski definition) is 3. The Balaban J connectivity index is 2.30. The van der Waals surface area contributed by atoms with Gasteiger partial charge < -0.3 is 15.9 Å². The summed E-state index contributed by atoms with van der Waals surface area (Å²) < 4.78 is 0. The van der Waals surface area contributed by atoms with Crippen LogP contribution >= 0.6 is 0 Å². The highest BCUT2D eigenvalue weighted by atomic mass is 16.3. The van der Waals surface area contributed by atoms with Gasteiger partial charge in [0.1, 0.15) is 0 Å². The SMILES string of the molecule is Nc1cc2c3ccc(O)c(O)c3ccc2c2ccccc12. The van der Waals surface area contributed by atoms with Crippen molar-refractivity contribution in [3.05, 3.63) is 54.6 Å². The Labute approximate surface area is 120 Å². The number of aromatic hydroxyl groups is 2. The van der Waals surface area contributed by atoms with Crippen LogP contribution in [0.5, 0.6) is 11.5 Å². The van der Waals surface area contributed by atoms with Crippen LogP contribution < -0.4 is 5.73 Å². The molecule has 0 aliphatic rings. The van der Waals surface area contributed by atoms with Crippen molar-refractivity contribution in [2.24, 2.45) is 0 Å². The van der Waals surface area contributed by atoms with Crippen molar-refractivity contribution in [2.45, 2.75) is 0 Å². The van der Waals surface area contributed by atoms with Crippen LogP contribution in [0.3, 0.4) is 0 Å². The molecule has 0 aliphatic carbocycles. The molecule has 4 N–H and O–H groups in total. The number of hydrogen-bond donors (Lipinski definition) is 3. The van der Waals surface area contributed by atoms with E-state index < -0.39 is 0 Å². The molecule has 3 nitrogen and oxygen atoms in total. The van der Waals surface area contributed by atoms with Gasteiger partial charge in [-0.3, -0.25) is 0 Å². The zero-order valence-corrected chi connectivity index (χ0v) is 11.2. The smallest absolute Gasteiger partial charge is 0.165 e. The molecule has 0 aliphatic heterocycles. The van der Waals surface area contributed by atoms with Crippen molar-refractivity contribution in [1.82, 2.24) is 0 Å². The van der Waals surface area contributed by atoms with Gasteiger partial charge in [0.25, 0.3) is 0 Å². The van der Waals surface area contributed by atoms with E-state index in [-0.39, 0.29) is 11.5 Å². The van der Waals surface area contributed by atoms with Gasteiger partial charge in [-0.15, -0.1) is 0 Å². The number of phenolic OH excluding ortho intramolecular Hbond substituents is 2. The molecule has 0 bridgehead atoms. The van der Waals surface area contributed by atoms with Crippen LogP contribution in [-0.2, 0) is 0 Å². The molecule has 0 aromatic heterocycles. The van der Waals surface area contributed by atoms with Crippen molar-refractivity contribution in [2.75, 3.05) is 5.73 Å². The molecule has 4 rings (SSSR count). The van der Waals surface area contributed by atoms with E-state index in [2.05, 4.69) is 0 Å². The normalized spacial score (nSPS) is 11.4. The second kappa shape index (κ2) is 4.03. The van der Waals surface area contributed by atoms with E-state index >= 15 is 0 Å². The lowest BCUT2D eigenvalue weighted by molar-refractivity contribution is 0.408. The monoisotopic (exact) mass is 275 g/mol. The van der Waals surface area contributed by atoms with E-state index in [1.807, 2.05) is 42.5 Å². The zero-order valence-electron chi connectivity index (χ0n) is 11.2. The Kier molecular flexibility index (Phi) is 2.27. The van der Waals surface area contributed by atoms with Gasteiger partial charge in [0.05, 0.1) is 0 Å². The highest BCUT2D eigenvalue weighted by Gasteiger charge is 2.11. The van der Waals surface area contributed by atoms with E-state index in [1.165, 1.54) is 6.07 Å². The Hall–Kier alpha value is -2.94. The first-order valence-corrected chi connectivity index (χ1v) is 6.71. The van der Waals surface area contributed by atoms with E-state index in [0.717, 1.165) is 26.9 Å². The van der Waals surface area contributed by atoms with Crippen molar-refractivity contribution in [3.63, 3.8) is 0 Å². The number of nitrogen functional groups attached to an aromatic ring is 1. The largest absolute Gasteiger partial charge is 0.504 e. The summed E-state index contributed by atoms with van der Waals surface area (Å²) in [5.41, 5.74) is 6.88. The van der Waals surface area contributed by atoms with Gasteiger partial charge >= 0.3 is 0 Å². The maximum absolute atomic E-state index is 10.0. The number of fused-ring (bicyclic) bond motifs is 5. The molecule has 0 radical (unpaired) electrons. The molecule has 0 fully saturated rings. The number of phenols is 2. The quantitative estimate of drug-likeness (QED) is 0.257. The molecule has 0 atom stereocenters. The first-order valence-electron chi connectivity index (χ1n) is 6.71. The van der Waals surface area contributed by atoms with Crippen LogP contribution in [0.4, 0.5) is 5.69 Å². The van der Waals surface area contributed by atoms with E-state index in [9.17, 15) is 10.2 Å². The zero-order chi connectivity index (χ0) is 14.6. The van der Waals surface area contributed by atoms with Crippen LogP contribution in [0.1, 0.15) is 0 Å². The molecule has 4 aromatic carbocycles. The van der Waals surface area contributed by atoms with Gasteiger partial charge in [-0.25, -0.2) is 0 Å². The molecule has 102 valence electrons. The van der Waals surface area contributed by atoms with Gasteiger partial charge in [0, 0.05) is 16.5 Å². The number of benzene rings is 4. The minimum atomic E-state index is -0.115. The predicted molar refractivity (Wildman–Crippen MR) is 86.7 cm³/mol. The Bertz CT molecular complexity index is 1020. The van der Waals surface area contributed by atoms with E-state index in [4.69, 9.17) is 5.73 Å². The van der Waals surface area contributed by atoms with Gasteiger partial charge in [0.2, 0.25) is 0 Å².